The fraction of sp³-hybridized carbons (Fsp3) is 0.600. The van der Waals surface area contributed by atoms with Crippen molar-refractivity contribution in [2.75, 3.05) is 6.61 Å². The third-order valence-electron chi connectivity index (χ3n) is 1.69. The number of allylic oxidation sites excluding steroid dienone is 1. The van der Waals surface area contributed by atoms with Gasteiger partial charge in [0.25, 0.3) is 0 Å². The average Bonchev–Trinajstić information content (AvgIpc) is 2.03. The molecule has 0 spiro atoms. The van der Waals surface area contributed by atoms with E-state index in [1.54, 1.807) is 0 Å². The second-order valence-electron chi connectivity index (χ2n) is 3.21. The predicted octanol–water partition coefficient (Wildman–Crippen LogP) is 1.72. The first-order valence-corrected chi connectivity index (χ1v) is 4.32. The summed E-state index contributed by atoms with van der Waals surface area (Å²) in [4.78, 5) is 20.6. The van der Waals surface area contributed by atoms with Gasteiger partial charge in [-0.25, -0.2) is 0 Å². The zero-order valence-electron chi connectivity index (χ0n) is 8.21. The summed E-state index contributed by atoms with van der Waals surface area (Å²) in [5, 5.41) is 0. The van der Waals surface area contributed by atoms with Gasteiger partial charge in [0.05, 0.1) is 6.61 Å². The lowest BCUT2D eigenvalue weighted by atomic mass is 10.0. The highest BCUT2D eigenvalue weighted by Crippen LogP contribution is 2.11. The number of hydrogen-bond donors (Lipinski definition) is 0. The lowest BCUT2D eigenvalue weighted by Crippen LogP contribution is -2.06. The molecule has 0 aromatic carbocycles. The van der Waals surface area contributed by atoms with Gasteiger partial charge in [0.1, 0.15) is 6.29 Å². The first-order valence-electron chi connectivity index (χ1n) is 4.32. The molecule has 0 amide bonds. The van der Waals surface area contributed by atoms with Gasteiger partial charge in [-0.15, -0.1) is 0 Å². The summed E-state index contributed by atoms with van der Waals surface area (Å²) < 4.78 is 4.77. The van der Waals surface area contributed by atoms with Crippen LogP contribution in [0.1, 0.15) is 26.7 Å². The third-order valence-corrected chi connectivity index (χ3v) is 1.69. The molecule has 0 saturated heterocycles. The fourth-order valence-corrected chi connectivity index (χ4v) is 1.00. The van der Waals surface area contributed by atoms with Crippen LogP contribution in [0.5, 0.6) is 0 Å². The molecule has 3 heteroatoms. The van der Waals surface area contributed by atoms with Crippen LogP contribution in [0.2, 0.25) is 0 Å². The van der Waals surface area contributed by atoms with E-state index in [1.165, 1.54) is 6.92 Å². The van der Waals surface area contributed by atoms with E-state index in [2.05, 4.69) is 6.58 Å². The van der Waals surface area contributed by atoms with E-state index >= 15 is 0 Å². The number of carbonyl (C=O) groups excluding carboxylic acids is 2. The van der Waals surface area contributed by atoms with Crippen LogP contribution in [0.25, 0.3) is 0 Å². The van der Waals surface area contributed by atoms with Crippen molar-refractivity contribution in [3.05, 3.63) is 12.2 Å². The van der Waals surface area contributed by atoms with E-state index in [9.17, 15) is 9.59 Å². The molecule has 0 aromatic rings. The zero-order valence-corrected chi connectivity index (χ0v) is 8.21. The molecular formula is C10H16O3. The quantitative estimate of drug-likeness (QED) is 0.358. The Morgan fingerprint density at radius 2 is 2.23 bits per heavy atom. The van der Waals surface area contributed by atoms with Crippen molar-refractivity contribution in [1.82, 2.24) is 0 Å². The number of aldehydes is 1. The van der Waals surface area contributed by atoms with E-state index in [0.29, 0.717) is 24.5 Å². The molecule has 13 heavy (non-hydrogen) atoms. The van der Waals surface area contributed by atoms with Crippen molar-refractivity contribution in [3.63, 3.8) is 0 Å². The van der Waals surface area contributed by atoms with Gasteiger partial charge in [0, 0.05) is 6.92 Å². The van der Waals surface area contributed by atoms with Gasteiger partial charge in [0.15, 0.2) is 0 Å². The van der Waals surface area contributed by atoms with Gasteiger partial charge >= 0.3 is 5.97 Å². The third kappa shape index (κ3) is 7.25. The molecule has 0 heterocycles. The smallest absolute Gasteiger partial charge is 0.302 e. The Morgan fingerprint density at radius 1 is 1.62 bits per heavy atom. The molecule has 0 N–H and O–H groups in total. The molecule has 1 atom stereocenters. The normalized spacial score (nSPS) is 11.8. The number of esters is 1. The molecule has 0 saturated carbocycles. The van der Waals surface area contributed by atoms with Crippen LogP contribution in [-0.4, -0.2) is 18.9 Å². The number of hydrogen-bond acceptors (Lipinski definition) is 3. The molecule has 0 rings (SSSR count). The highest BCUT2D eigenvalue weighted by molar-refractivity contribution is 5.71. The molecule has 0 aromatic heterocycles. The first-order chi connectivity index (χ1) is 6.06. The molecule has 0 aliphatic rings. The van der Waals surface area contributed by atoms with Gasteiger partial charge in [0.2, 0.25) is 0 Å². The molecule has 1 unspecified atom stereocenters. The summed E-state index contributed by atoms with van der Waals surface area (Å²) in [6.45, 7) is 7.38. The molecule has 0 aliphatic carbocycles. The summed E-state index contributed by atoms with van der Waals surface area (Å²) in [5.41, 5.74) is 0.593. The van der Waals surface area contributed by atoms with Crippen LogP contribution in [0.4, 0.5) is 0 Å². The summed E-state index contributed by atoms with van der Waals surface area (Å²) >= 11 is 0. The Bertz CT molecular complexity index is 196. The Morgan fingerprint density at radius 3 is 2.69 bits per heavy atom. The monoisotopic (exact) mass is 184 g/mol. The molecular weight excluding hydrogens is 168 g/mol. The van der Waals surface area contributed by atoms with E-state index in [0.717, 1.165) is 12.7 Å². The maximum absolute atomic E-state index is 10.4. The van der Waals surface area contributed by atoms with Crippen molar-refractivity contribution in [1.29, 1.82) is 0 Å². The van der Waals surface area contributed by atoms with Gasteiger partial charge in [-0.1, -0.05) is 13.5 Å². The standard InChI is InChI=1S/C10H16O3/c1-8(6-9(2)7-11)4-5-13-10(3)12/h7-8H,2,4-6H2,1,3H3. The van der Waals surface area contributed by atoms with Crippen molar-refractivity contribution in [3.8, 4) is 0 Å². The van der Waals surface area contributed by atoms with E-state index in [-0.39, 0.29) is 5.97 Å². The van der Waals surface area contributed by atoms with Crippen molar-refractivity contribution in [2.45, 2.75) is 26.7 Å². The number of carbonyl (C=O) groups is 2. The molecule has 0 aliphatic heterocycles. The van der Waals surface area contributed by atoms with E-state index in [1.807, 2.05) is 6.92 Å². The van der Waals surface area contributed by atoms with E-state index < -0.39 is 0 Å². The van der Waals surface area contributed by atoms with Crippen LogP contribution >= 0.6 is 0 Å². The highest BCUT2D eigenvalue weighted by atomic mass is 16.5. The minimum absolute atomic E-state index is 0.263. The topological polar surface area (TPSA) is 43.4 Å². The van der Waals surface area contributed by atoms with Gasteiger partial charge in [-0.05, 0) is 24.3 Å². The second kappa shape index (κ2) is 6.40. The highest BCUT2D eigenvalue weighted by Gasteiger charge is 2.04. The van der Waals surface area contributed by atoms with Crippen molar-refractivity contribution >= 4 is 12.3 Å². The maximum atomic E-state index is 10.4. The molecule has 0 fully saturated rings. The number of rotatable bonds is 6. The summed E-state index contributed by atoms with van der Waals surface area (Å²) in [6, 6.07) is 0. The second-order valence-corrected chi connectivity index (χ2v) is 3.21. The summed E-state index contributed by atoms with van der Waals surface area (Å²) in [7, 11) is 0. The Hall–Kier alpha value is -1.12. The minimum Gasteiger partial charge on any atom is -0.466 e. The van der Waals surface area contributed by atoms with Crippen molar-refractivity contribution in [2.24, 2.45) is 5.92 Å². The van der Waals surface area contributed by atoms with Crippen LogP contribution in [0.15, 0.2) is 12.2 Å². The van der Waals surface area contributed by atoms with Crippen LogP contribution in [-0.2, 0) is 14.3 Å². The first kappa shape index (κ1) is 11.9. The Labute approximate surface area is 78.8 Å². The number of ether oxygens (including phenoxy) is 1. The van der Waals surface area contributed by atoms with Gasteiger partial charge in [-0.3, -0.25) is 9.59 Å². The van der Waals surface area contributed by atoms with Crippen LogP contribution in [0.3, 0.4) is 0 Å². The largest absolute Gasteiger partial charge is 0.466 e. The predicted molar refractivity (Wildman–Crippen MR) is 50.2 cm³/mol. The maximum Gasteiger partial charge on any atom is 0.302 e. The molecule has 0 radical (unpaired) electrons. The Balaban J connectivity index is 3.51. The Kier molecular flexibility index (Phi) is 5.85. The van der Waals surface area contributed by atoms with Crippen molar-refractivity contribution < 1.29 is 14.3 Å². The summed E-state index contributed by atoms with van der Waals surface area (Å²) in [5.74, 6) is 0.0680. The lowest BCUT2D eigenvalue weighted by molar-refractivity contribution is -0.141. The van der Waals surface area contributed by atoms with Gasteiger partial charge < -0.3 is 4.74 Å². The summed E-state index contributed by atoms with van der Waals surface area (Å²) in [6.07, 6.45) is 2.21. The van der Waals surface area contributed by atoms with E-state index in [4.69, 9.17) is 4.74 Å². The van der Waals surface area contributed by atoms with Crippen LogP contribution < -0.4 is 0 Å². The average molecular weight is 184 g/mol. The van der Waals surface area contributed by atoms with Crippen LogP contribution in [0, 0.1) is 5.92 Å². The SMILES string of the molecule is C=C(C=O)CC(C)CCOC(C)=O. The molecule has 0 bridgehead atoms. The fourth-order valence-electron chi connectivity index (χ4n) is 1.00. The van der Waals surface area contributed by atoms with Gasteiger partial charge in [-0.2, -0.15) is 0 Å². The molecule has 74 valence electrons. The molecule has 3 nitrogen and oxygen atoms in total. The zero-order chi connectivity index (χ0) is 10.3. The minimum atomic E-state index is -0.263. The lowest BCUT2D eigenvalue weighted by Gasteiger charge is -2.09.